The maximum atomic E-state index is 11.5. The summed E-state index contributed by atoms with van der Waals surface area (Å²) in [6.07, 6.45) is 1.20. The van der Waals surface area contributed by atoms with Crippen molar-refractivity contribution in [3.8, 4) is 0 Å². The van der Waals surface area contributed by atoms with Crippen molar-refractivity contribution in [3.05, 3.63) is 65.2 Å². The molecule has 3 N–H and O–H groups in total. The first-order valence-corrected chi connectivity index (χ1v) is 8.13. The van der Waals surface area contributed by atoms with Crippen LogP contribution in [-0.2, 0) is 9.84 Å². The molecule has 1 atom stereocenters. The highest BCUT2D eigenvalue weighted by Gasteiger charge is 2.14. The van der Waals surface area contributed by atoms with E-state index in [1.165, 1.54) is 6.26 Å². The van der Waals surface area contributed by atoms with E-state index in [2.05, 4.69) is 11.5 Å². The van der Waals surface area contributed by atoms with Crippen LogP contribution in [-0.4, -0.2) is 14.7 Å². The van der Waals surface area contributed by atoms with Gasteiger partial charge in [-0.05, 0) is 30.2 Å². The zero-order valence-electron chi connectivity index (χ0n) is 11.5. The standard InChI is InChI=1S/C15H18N2O2S/c1-11-4-3-5-13(10-11)15(17-16)12-6-8-14(9-7-12)20(2,18)19/h3-10,15,17H,16H2,1-2H3. The second kappa shape index (κ2) is 5.75. The molecule has 0 radical (unpaired) electrons. The summed E-state index contributed by atoms with van der Waals surface area (Å²) in [4.78, 5) is 0.307. The van der Waals surface area contributed by atoms with Crippen molar-refractivity contribution in [1.82, 2.24) is 5.43 Å². The van der Waals surface area contributed by atoms with Crippen molar-refractivity contribution in [2.45, 2.75) is 17.9 Å². The first-order valence-electron chi connectivity index (χ1n) is 6.24. The van der Waals surface area contributed by atoms with Gasteiger partial charge in [0.15, 0.2) is 9.84 Å². The minimum Gasteiger partial charge on any atom is -0.271 e. The molecule has 0 aliphatic heterocycles. The molecule has 2 aromatic carbocycles. The minimum absolute atomic E-state index is 0.163. The number of hydrogen-bond acceptors (Lipinski definition) is 4. The van der Waals surface area contributed by atoms with Crippen LogP contribution in [0.1, 0.15) is 22.7 Å². The van der Waals surface area contributed by atoms with Crippen LogP contribution < -0.4 is 11.3 Å². The van der Waals surface area contributed by atoms with Crippen molar-refractivity contribution in [2.24, 2.45) is 5.84 Å². The lowest BCUT2D eigenvalue weighted by atomic mass is 9.98. The Balaban J connectivity index is 2.38. The number of sulfone groups is 1. The maximum Gasteiger partial charge on any atom is 0.175 e. The maximum absolute atomic E-state index is 11.5. The van der Waals surface area contributed by atoms with E-state index in [-0.39, 0.29) is 6.04 Å². The first kappa shape index (κ1) is 14.7. The zero-order valence-corrected chi connectivity index (χ0v) is 12.3. The van der Waals surface area contributed by atoms with E-state index >= 15 is 0 Å². The average molecular weight is 290 g/mol. The van der Waals surface area contributed by atoms with Crippen molar-refractivity contribution >= 4 is 9.84 Å². The van der Waals surface area contributed by atoms with Gasteiger partial charge in [0, 0.05) is 6.26 Å². The lowest BCUT2D eigenvalue weighted by molar-refractivity contribution is 0.601. The van der Waals surface area contributed by atoms with Gasteiger partial charge in [0.25, 0.3) is 0 Å². The number of nitrogens with two attached hydrogens (primary N) is 1. The van der Waals surface area contributed by atoms with E-state index in [9.17, 15) is 8.42 Å². The van der Waals surface area contributed by atoms with Crippen LogP contribution in [0.25, 0.3) is 0 Å². The molecule has 5 heteroatoms. The van der Waals surface area contributed by atoms with Gasteiger partial charge in [-0.25, -0.2) is 13.8 Å². The van der Waals surface area contributed by atoms with E-state index < -0.39 is 9.84 Å². The highest BCUT2D eigenvalue weighted by molar-refractivity contribution is 7.90. The number of hydrogen-bond donors (Lipinski definition) is 2. The average Bonchev–Trinajstić information content (AvgIpc) is 2.39. The predicted molar refractivity (Wildman–Crippen MR) is 79.9 cm³/mol. The van der Waals surface area contributed by atoms with Gasteiger partial charge >= 0.3 is 0 Å². The molecule has 0 saturated carbocycles. The van der Waals surface area contributed by atoms with Gasteiger partial charge in [-0.2, -0.15) is 0 Å². The van der Waals surface area contributed by atoms with Gasteiger partial charge in [0.2, 0.25) is 0 Å². The van der Waals surface area contributed by atoms with Crippen molar-refractivity contribution in [3.63, 3.8) is 0 Å². The fraction of sp³-hybridized carbons (Fsp3) is 0.200. The molecule has 0 heterocycles. The van der Waals surface area contributed by atoms with Crippen molar-refractivity contribution < 1.29 is 8.42 Å². The van der Waals surface area contributed by atoms with Crippen LogP contribution in [0.2, 0.25) is 0 Å². The van der Waals surface area contributed by atoms with Gasteiger partial charge in [-0.3, -0.25) is 5.84 Å². The molecule has 20 heavy (non-hydrogen) atoms. The third kappa shape index (κ3) is 3.25. The van der Waals surface area contributed by atoms with E-state index in [1.54, 1.807) is 24.3 Å². The molecule has 1 unspecified atom stereocenters. The zero-order chi connectivity index (χ0) is 14.8. The SMILES string of the molecule is Cc1cccc(C(NN)c2ccc(S(C)(=O)=O)cc2)c1. The summed E-state index contributed by atoms with van der Waals surface area (Å²) in [5, 5.41) is 0. The van der Waals surface area contributed by atoms with Gasteiger partial charge in [0.1, 0.15) is 0 Å². The predicted octanol–water partition coefficient (Wildman–Crippen LogP) is 1.95. The van der Waals surface area contributed by atoms with Crippen molar-refractivity contribution in [1.29, 1.82) is 0 Å². The Hall–Kier alpha value is -1.69. The Morgan fingerprint density at radius 3 is 2.20 bits per heavy atom. The molecule has 4 nitrogen and oxygen atoms in total. The quantitative estimate of drug-likeness (QED) is 0.667. The largest absolute Gasteiger partial charge is 0.271 e. The third-order valence-corrected chi connectivity index (χ3v) is 4.31. The molecule has 2 rings (SSSR count). The van der Waals surface area contributed by atoms with Gasteiger partial charge < -0.3 is 0 Å². The third-order valence-electron chi connectivity index (χ3n) is 3.18. The summed E-state index contributed by atoms with van der Waals surface area (Å²) in [5.41, 5.74) is 5.88. The molecular weight excluding hydrogens is 272 g/mol. The number of hydrazine groups is 1. The molecule has 0 aliphatic carbocycles. The number of nitrogens with one attached hydrogen (secondary N) is 1. The summed E-state index contributed by atoms with van der Waals surface area (Å²) < 4.78 is 22.9. The Bertz CT molecular complexity index is 694. The van der Waals surface area contributed by atoms with Crippen molar-refractivity contribution in [2.75, 3.05) is 6.26 Å². The number of aryl methyl sites for hydroxylation is 1. The molecular formula is C15H18N2O2S. The fourth-order valence-corrected chi connectivity index (χ4v) is 2.77. The van der Waals surface area contributed by atoms with Crippen LogP contribution in [0.4, 0.5) is 0 Å². The molecule has 0 aromatic heterocycles. The summed E-state index contributed by atoms with van der Waals surface area (Å²) in [5.74, 6) is 5.64. The molecule has 0 fully saturated rings. The molecule has 106 valence electrons. The molecule has 0 aliphatic rings. The molecule has 0 saturated heterocycles. The van der Waals surface area contributed by atoms with Crippen LogP contribution in [0.5, 0.6) is 0 Å². The van der Waals surface area contributed by atoms with Gasteiger partial charge in [0.05, 0.1) is 10.9 Å². The highest BCUT2D eigenvalue weighted by Crippen LogP contribution is 2.23. The lowest BCUT2D eigenvalue weighted by Crippen LogP contribution is -2.28. The summed E-state index contributed by atoms with van der Waals surface area (Å²) in [7, 11) is -3.18. The minimum atomic E-state index is -3.18. The number of rotatable bonds is 4. The van der Waals surface area contributed by atoms with Gasteiger partial charge in [-0.1, -0.05) is 42.0 Å². The molecule has 0 amide bonds. The fourth-order valence-electron chi connectivity index (χ4n) is 2.14. The number of benzene rings is 2. The van der Waals surface area contributed by atoms with Crippen LogP contribution in [0.15, 0.2) is 53.4 Å². The van der Waals surface area contributed by atoms with Crippen LogP contribution in [0.3, 0.4) is 0 Å². The van der Waals surface area contributed by atoms with Crippen LogP contribution >= 0.6 is 0 Å². The molecule has 0 spiro atoms. The topological polar surface area (TPSA) is 72.2 Å². The first-order chi connectivity index (χ1) is 9.41. The molecule has 2 aromatic rings. The Kier molecular flexibility index (Phi) is 4.23. The van der Waals surface area contributed by atoms with E-state index in [0.717, 1.165) is 16.7 Å². The smallest absolute Gasteiger partial charge is 0.175 e. The normalized spacial score (nSPS) is 13.2. The lowest BCUT2D eigenvalue weighted by Gasteiger charge is -2.17. The van der Waals surface area contributed by atoms with E-state index in [4.69, 9.17) is 5.84 Å². The summed E-state index contributed by atoms with van der Waals surface area (Å²) in [6, 6.07) is 14.6. The van der Waals surface area contributed by atoms with E-state index in [1.807, 2.05) is 25.1 Å². The summed E-state index contributed by atoms with van der Waals surface area (Å²) >= 11 is 0. The molecule has 0 bridgehead atoms. The summed E-state index contributed by atoms with van der Waals surface area (Å²) in [6.45, 7) is 2.02. The highest BCUT2D eigenvalue weighted by atomic mass is 32.2. The Morgan fingerprint density at radius 1 is 1.05 bits per heavy atom. The van der Waals surface area contributed by atoms with Gasteiger partial charge in [-0.15, -0.1) is 0 Å². The second-order valence-corrected chi connectivity index (χ2v) is 6.87. The monoisotopic (exact) mass is 290 g/mol. The Morgan fingerprint density at radius 2 is 1.70 bits per heavy atom. The Labute approximate surface area is 119 Å². The van der Waals surface area contributed by atoms with E-state index in [0.29, 0.717) is 4.90 Å². The second-order valence-electron chi connectivity index (χ2n) is 4.86. The van der Waals surface area contributed by atoms with Crippen LogP contribution in [0, 0.1) is 6.92 Å².